The second-order valence-corrected chi connectivity index (χ2v) is 4.08. The predicted octanol–water partition coefficient (Wildman–Crippen LogP) is 2.12. The van der Waals surface area contributed by atoms with Gasteiger partial charge in [0.05, 0.1) is 4.92 Å². The molecule has 0 spiro atoms. The molecule has 1 fully saturated rings. The van der Waals surface area contributed by atoms with Gasteiger partial charge in [-0.05, 0) is 25.3 Å². The zero-order chi connectivity index (χ0) is 11.0. The van der Waals surface area contributed by atoms with Crippen molar-refractivity contribution in [2.45, 2.75) is 26.3 Å². The summed E-state index contributed by atoms with van der Waals surface area (Å²) in [5.41, 5.74) is 0.718. The summed E-state index contributed by atoms with van der Waals surface area (Å²) in [6.45, 7) is 3.89. The molecule has 1 N–H and O–H groups in total. The first-order valence-corrected chi connectivity index (χ1v) is 4.95. The van der Waals surface area contributed by atoms with Crippen LogP contribution in [0.4, 0.5) is 11.5 Å². The Hall–Kier alpha value is -1.65. The van der Waals surface area contributed by atoms with Crippen LogP contribution in [0.2, 0.25) is 0 Å². The molecule has 2 atom stereocenters. The molecule has 0 aromatic carbocycles. The first-order valence-electron chi connectivity index (χ1n) is 4.95. The number of aryl methyl sites for hydroxylation is 1. The minimum absolute atomic E-state index is 0.0735. The van der Waals surface area contributed by atoms with E-state index in [1.165, 1.54) is 6.20 Å². The smallest absolute Gasteiger partial charge is 0.290 e. The highest BCUT2D eigenvalue weighted by Gasteiger charge is 2.32. The second kappa shape index (κ2) is 3.49. The molecular formula is C10H13N3O2. The Balaban J connectivity index is 2.14. The van der Waals surface area contributed by atoms with Gasteiger partial charge in [-0.25, -0.2) is 4.98 Å². The maximum atomic E-state index is 10.6. The lowest BCUT2D eigenvalue weighted by molar-refractivity contribution is -0.385. The molecule has 2 unspecified atom stereocenters. The fraction of sp³-hybridized carbons (Fsp3) is 0.500. The van der Waals surface area contributed by atoms with E-state index in [2.05, 4.69) is 17.2 Å². The molecular weight excluding hydrogens is 194 g/mol. The van der Waals surface area contributed by atoms with E-state index < -0.39 is 4.92 Å². The van der Waals surface area contributed by atoms with E-state index in [1.807, 2.05) is 0 Å². The molecule has 5 heteroatoms. The Morgan fingerprint density at radius 1 is 1.67 bits per heavy atom. The minimum Gasteiger partial charge on any atom is -0.367 e. The number of pyridine rings is 1. The Morgan fingerprint density at radius 3 is 2.80 bits per heavy atom. The van der Waals surface area contributed by atoms with Gasteiger partial charge in [-0.2, -0.15) is 0 Å². The molecule has 1 aromatic heterocycles. The van der Waals surface area contributed by atoms with Crippen LogP contribution >= 0.6 is 0 Å². The van der Waals surface area contributed by atoms with Gasteiger partial charge in [-0.1, -0.05) is 6.92 Å². The molecule has 1 aliphatic carbocycles. The highest BCUT2D eigenvalue weighted by atomic mass is 16.6. The fourth-order valence-corrected chi connectivity index (χ4v) is 1.53. The molecule has 1 heterocycles. The minimum atomic E-state index is -0.411. The van der Waals surface area contributed by atoms with Crippen LogP contribution in [-0.4, -0.2) is 15.9 Å². The standard InChI is InChI=1S/C10H13N3O2/c1-6-3-8(6)12-10-4-7(2)9(5-11-10)13(14)15/h4-6,8H,3H2,1-2H3,(H,11,12). The van der Waals surface area contributed by atoms with E-state index in [1.54, 1.807) is 13.0 Å². The Bertz CT molecular complexity index is 406. The number of nitrogens with zero attached hydrogens (tertiary/aromatic N) is 2. The van der Waals surface area contributed by atoms with Crippen LogP contribution in [-0.2, 0) is 0 Å². The number of rotatable bonds is 3. The van der Waals surface area contributed by atoms with Crippen molar-refractivity contribution >= 4 is 11.5 Å². The van der Waals surface area contributed by atoms with Crippen LogP contribution in [0.15, 0.2) is 12.3 Å². The molecule has 0 bridgehead atoms. The average molecular weight is 207 g/mol. The fourth-order valence-electron chi connectivity index (χ4n) is 1.53. The Kier molecular flexibility index (Phi) is 2.30. The van der Waals surface area contributed by atoms with E-state index in [0.717, 1.165) is 12.2 Å². The third-order valence-electron chi connectivity index (χ3n) is 2.72. The van der Waals surface area contributed by atoms with Gasteiger partial charge in [0, 0.05) is 11.6 Å². The summed E-state index contributed by atoms with van der Waals surface area (Å²) >= 11 is 0. The molecule has 5 nitrogen and oxygen atoms in total. The first-order chi connectivity index (χ1) is 7.08. The molecule has 80 valence electrons. The first kappa shape index (κ1) is 9.89. The van der Waals surface area contributed by atoms with Crippen LogP contribution in [0.5, 0.6) is 0 Å². The Morgan fingerprint density at radius 2 is 2.33 bits per heavy atom. The molecule has 0 radical (unpaired) electrons. The van der Waals surface area contributed by atoms with Crippen LogP contribution in [0.3, 0.4) is 0 Å². The van der Waals surface area contributed by atoms with Crippen molar-refractivity contribution in [3.05, 3.63) is 27.9 Å². The normalized spacial score (nSPS) is 23.6. The molecule has 1 saturated carbocycles. The van der Waals surface area contributed by atoms with Crippen LogP contribution < -0.4 is 5.32 Å². The summed E-state index contributed by atoms with van der Waals surface area (Å²) in [6, 6.07) is 2.21. The van der Waals surface area contributed by atoms with Crippen molar-refractivity contribution in [1.82, 2.24) is 4.98 Å². The lowest BCUT2D eigenvalue weighted by atomic mass is 10.2. The lowest BCUT2D eigenvalue weighted by Gasteiger charge is -2.04. The number of nitro groups is 1. The van der Waals surface area contributed by atoms with E-state index in [0.29, 0.717) is 17.5 Å². The van der Waals surface area contributed by atoms with Crippen LogP contribution in [0.25, 0.3) is 0 Å². The van der Waals surface area contributed by atoms with Gasteiger partial charge in [0.15, 0.2) is 0 Å². The maximum absolute atomic E-state index is 10.6. The van der Waals surface area contributed by atoms with Crippen molar-refractivity contribution in [3.8, 4) is 0 Å². The molecule has 2 rings (SSSR count). The van der Waals surface area contributed by atoms with Gasteiger partial charge in [0.1, 0.15) is 12.0 Å². The number of anilines is 1. The summed E-state index contributed by atoms with van der Waals surface area (Å²) in [5.74, 6) is 1.41. The van der Waals surface area contributed by atoms with Crippen molar-refractivity contribution in [3.63, 3.8) is 0 Å². The van der Waals surface area contributed by atoms with Gasteiger partial charge in [-0.15, -0.1) is 0 Å². The summed E-state index contributed by atoms with van der Waals surface area (Å²) in [6.07, 6.45) is 2.46. The van der Waals surface area contributed by atoms with Gasteiger partial charge in [0.25, 0.3) is 5.69 Å². The zero-order valence-electron chi connectivity index (χ0n) is 8.73. The van der Waals surface area contributed by atoms with Crippen molar-refractivity contribution < 1.29 is 4.92 Å². The summed E-state index contributed by atoms with van der Waals surface area (Å²) in [7, 11) is 0. The topological polar surface area (TPSA) is 68.1 Å². The Labute approximate surface area is 87.7 Å². The van der Waals surface area contributed by atoms with Gasteiger partial charge in [-0.3, -0.25) is 10.1 Å². The SMILES string of the molecule is Cc1cc(NC2CC2C)ncc1[N+](=O)[O-]. The third-order valence-corrected chi connectivity index (χ3v) is 2.72. The molecule has 1 aromatic rings. The monoisotopic (exact) mass is 207 g/mol. The summed E-state index contributed by atoms with van der Waals surface area (Å²) in [4.78, 5) is 14.2. The van der Waals surface area contributed by atoms with Gasteiger partial charge in [0.2, 0.25) is 0 Å². The lowest BCUT2D eigenvalue weighted by Crippen LogP contribution is -2.06. The van der Waals surface area contributed by atoms with Crippen molar-refractivity contribution in [2.75, 3.05) is 5.32 Å². The van der Waals surface area contributed by atoms with E-state index in [4.69, 9.17) is 0 Å². The third kappa shape index (κ3) is 2.06. The average Bonchev–Trinajstić information content (AvgIpc) is 2.81. The predicted molar refractivity (Wildman–Crippen MR) is 56.8 cm³/mol. The van der Waals surface area contributed by atoms with E-state index >= 15 is 0 Å². The second-order valence-electron chi connectivity index (χ2n) is 4.08. The van der Waals surface area contributed by atoms with E-state index in [-0.39, 0.29) is 5.69 Å². The van der Waals surface area contributed by atoms with Crippen molar-refractivity contribution in [2.24, 2.45) is 5.92 Å². The highest BCUT2D eigenvalue weighted by Crippen LogP contribution is 2.32. The summed E-state index contributed by atoms with van der Waals surface area (Å²) in [5, 5.41) is 13.8. The number of hydrogen-bond acceptors (Lipinski definition) is 4. The molecule has 0 saturated heterocycles. The summed E-state index contributed by atoms with van der Waals surface area (Å²) < 4.78 is 0. The number of nitrogens with one attached hydrogen (secondary N) is 1. The number of hydrogen-bond donors (Lipinski definition) is 1. The molecule has 0 amide bonds. The van der Waals surface area contributed by atoms with Crippen LogP contribution in [0, 0.1) is 23.0 Å². The van der Waals surface area contributed by atoms with Crippen molar-refractivity contribution in [1.29, 1.82) is 0 Å². The zero-order valence-corrected chi connectivity index (χ0v) is 8.73. The van der Waals surface area contributed by atoms with Gasteiger partial charge >= 0.3 is 0 Å². The largest absolute Gasteiger partial charge is 0.367 e. The molecule has 15 heavy (non-hydrogen) atoms. The van der Waals surface area contributed by atoms with E-state index in [9.17, 15) is 10.1 Å². The highest BCUT2D eigenvalue weighted by molar-refractivity contribution is 5.48. The van der Waals surface area contributed by atoms with Gasteiger partial charge < -0.3 is 5.32 Å². The quantitative estimate of drug-likeness (QED) is 0.608. The maximum Gasteiger partial charge on any atom is 0.290 e. The molecule has 1 aliphatic rings. The van der Waals surface area contributed by atoms with Crippen LogP contribution in [0.1, 0.15) is 18.9 Å². The number of aromatic nitrogens is 1. The molecule has 0 aliphatic heterocycles.